The van der Waals surface area contributed by atoms with Crippen LogP contribution in [0.2, 0.25) is 0 Å². The highest BCUT2D eigenvalue weighted by Crippen LogP contribution is 2.38. The molecule has 0 aliphatic carbocycles. The number of rotatable bonds is 4. The molecule has 124 valence electrons. The monoisotopic (exact) mass is 322 g/mol. The number of nitrogens with one attached hydrogen (secondary N) is 1. The number of carbonyl (C=O) groups is 2. The molecule has 2 N–H and O–H groups in total. The molecule has 0 radical (unpaired) electrons. The van der Waals surface area contributed by atoms with Gasteiger partial charge in [0.1, 0.15) is 17.5 Å². The second-order valence-electron chi connectivity index (χ2n) is 6.05. The first-order valence-corrected chi connectivity index (χ1v) is 7.64. The summed E-state index contributed by atoms with van der Waals surface area (Å²) in [6, 6.07) is 5.70. The summed E-state index contributed by atoms with van der Waals surface area (Å²) >= 11 is 0. The molecule has 1 atom stereocenters. The molecule has 0 unspecified atom stereocenters. The Morgan fingerprint density at radius 1 is 1.43 bits per heavy atom. The summed E-state index contributed by atoms with van der Waals surface area (Å²) in [7, 11) is 0. The van der Waals surface area contributed by atoms with E-state index < -0.39 is 17.5 Å². The molecule has 0 bridgehead atoms. The number of amides is 2. The number of benzene rings is 1. The van der Waals surface area contributed by atoms with Crippen molar-refractivity contribution in [1.29, 1.82) is 0 Å². The number of anilines is 1. The largest absolute Gasteiger partial charge is 0.396 e. The molecule has 1 spiro atoms. The molecule has 3 rings (SSSR count). The van der Waals surface area contributed by atoms with Gasteiger partial charge in [-0.15, -0.1) is 0 Å². The second kappa shape index (κ2) is 6.25. The van der Waals surface area contributed by atoms with Gasteiger partial charge >= 0.3 is 0 Å². The maximum absolute atomic E-state index is 13.1. The molecule has 1 aromatic carbocycles. The number of ether oxygens (including phenoxy) is 1. The van der Waals surface area contributed by atoms with Crippen LogP contribution >= 0.6 is 0 Å². The summed E-state index contributed by atoms with van der Waals surface area (Å²) in [6.45, 7) is 0.743. The summed E-state index contributed by atoms with van der Waals surface area (Å²) in [6.07, 6.45) is 0.799. The maximum Gasteiger partial charge on any atom is 0.253 e. The Labute approximate surface area is 133 Å². The van der Waals surface area contributed by atoms with Crippen molar-refractivity contribution in [3.05, 3.63) is 30.1 Å². The predicted molar refractivity (Wildman–Crippen MR) is 80.2 cm³/mol. The van der Waals surface area contributed by atoms with Gasteiger partial charge in [-0.25, -0.2) is 4.39 Å². The van der Waals surface area contributed by atoms with Gasteiger partial charge in [0.15, 0.2) is 0 Å². The Balaban J connectivity index is 1.52. The van der Waals surface area contributed by atoms with Gasteiger partial charge in [0, 0.05) is 12.1 Å². The van der Waals surface area contributed by atoms with Crippen LogP contribution < -0.4 is 5.32 Å². The number of hydrogen-bond acceptors (Lipinski definition) is 4. The minimum absolute atomic E-state index is 0.102. The Kier molecular flexibility index (Phi) is 4.32. The number of hydrogen-bond donors (Lipinski definition) is 2. The smallest absolute Gasteiger partial charge is 0.253 e. The molecule has 2 saturated heterocycles. The zero-order valence-corrected chi connectivity index (χ0v) is 12.6. The van der Waals surface area contributed by atoms with Gasteiger partial charge in [0.25, 0.3) is 5.91 Å². The van der Waals surface area contributed by atoms with E-state index in [1.165, 1.54) is 18.2 Å². The van der Waals surface area contributed by atoms with Gasteiger partial charge in [-0.05, 0) is 31.0 Å². The molecule has 6 nitrogen and oxygen atoms in total. The zero-order valence-electron chi connectivity index (χ0n) is 12.6. The lowest BCUT2D eigenvalue weighted by molar-refractivity contribution is -0.168. The molecule has 7 heteroatoms. The summed E-state index contributed by atoms with van der Waals surface area (Å²) in [5.74, 6) is -0.814. The van der Waals surface area contributed by atoms with Crippen molar-refractivity contribution < 1.29 is 23.8 Å². The standard InChI is InChI=1S/C16H19FN2O4/c17-11-2-1-3-12(8-11)18-15(22)13-4-6-16(23-13)9-19(10-16)14(21)5-7-20/h1-3,8,13,20H,4-7,9-10H2,(H,18,22)/t13-/m1/s1. The lowest BCUT2D eigenvalue weighted by Gasteiger charge is -2.47. The molecule has 2 fully saturated rings. The van der Waals surface area contributed by atoms with Gasteiger partial charge in [0.2, 0.25) is 5.91 Å². The van der Waals surface area contributed by atoms with E-state index >= 15 is 0 Å². The van der Waals surface area contributed by atoms with E-state index in [9.17, 15) is 14.0 Å². The van der Waals surface area contributed by atoms with Crippen LogP contribution in [0.4, 0.5) is 10.1 Å². The lowest BCUT2D eigenvalue weighted by Crippen LogP contribution is -2.63. The number of likely N-dealkylation sites (tertiary alicyclic amines) is 1. The van der Waals surface area contributed by atoms with E-state index in [0.717, 1.165) is 0 Å². The first-order valence-electron chi connectivity index (χ1n) is 7.64. The molecule has 1 aromatic rings. The van der Waals surface area contributed by atoms with Crippen molar-refractivity contribution in [2.75, 3.05) is 25.0 Å². The van der Waals surface area contributed by atoms with E-state index in [0.29, 0.717) is 31.6 Å². The van der Waals surface area contributed by atoms with Crippen molar-refractivity contribution in [2.24, 2.45) is 0 Å². The van der Waals surface area contributed by atoms with Crippen molar-refractivity contribution in [3.8, 4) is 0 Å². The van der Waals surface area contributed by atoms with Crippen LogP contribution in [0, 0.1) is 5.82 Å². The normalized spacial score (nSPS) is 22.0. The number of halogens is 1. The Bertz CT molecular complexity index is 616. The Morgan fingerprint density at radius 2 is 2.22 bits per heavy atom. The predicted octanol–water partition coefficient (Wildman–Crippen LogP) is 0.907. The van der Waals surface area contributed by atoms with Crippen LogP contribution in [0.15, 0.2) is 24.3 Å². The van der Waals surface area contributed by atoms with E-state index in [4.69, 9.17) is 9.84 Å². The molecule has 0 aromatic heterocycles. The number of aliphatic hydroxyl groups excluding tert-OH is 1. The molecule has 2 amide bonds. The van der Waals surface area contributed by atoms with Crippen molar-refractivity contribution in [1.82, 2.24) is 4.90 Å². The van der Waals surface area contributed by atoms with Gasteiger partial charge in [-0.2, -0.15) is 0 Å². The molecular formula is C16H19FN2O4. The fourth-order valence-electron chi connectivity index (χ4n) is 3.10. The lowest BCUT2D eigenvalue weighted by atomic mass is 9.90. The molecular weight excluding hydrogens is 303 g/mol. The van der Waals surface area contributed by atoms with Crippen molar-refractivity contribution >= 4 is 17.5 Å². The highest BCUT2D eigenvalue weighted by molar-refractivity contribution is 5.94. The third-order valence-electron chi connectivity index (χ3n) is 4.28. The average molecular weight is 322 g/mol. The molecule has 23 heavy (non-hydrogen) atoms. The van der Waals surface area contributed by atoms with Crippen LogP contribution in [0.5, 0.6) is 0 Å². The Hall–Kier alpha value is -1.99. The minimum Gasteiger partial charge on any atom is -0.396 e. The topological polar surface area (TPSA) is 78.9 Å². The van der Waals surface area contributed by atoms with Gasteiger partial charge in [-0.1, -0.05) is 6.07 Å². The summed E-state index contributed by atoms with van der Waals surface area (Å²) in [4.78, 5) is 25.5. The molecule has 2 heterocycles. The minimum atomic E-state index is -0.589. The summed E-state index contributed by atoms with van der Waals surface area (Å²) in [5, 5.41) is 11.4. The Morgan fingerprint density at radius 3 is 2.91 bits per heavy atom. The van der Waals surface area contributed by atoms with Gasteiger partial charge < -0.3 is 20.1 Å². The SMILES string of the molecule is O=C(Nc1cccc(F)c1)[C@H]1CCC2(CN(C(=O)CCO)C2)O1. The van der Waals surface area contributed by atoms with Crippen LogP contribution in [-0.2, 0) is 14.3 Å². The third-order valence-corrected chi connectivity index (χ3v) is 4.28. The van der Waals surface area contributed by atoms with Gasteiger partial charge in [0.05, 0.1) is 19.7 Å². The van der Waals surface area contributed by atoms with Crippen LogP contribution in [0.25, 0.3) is 0 Å². The van der Waals surface area contributed by atoms with E-state index in [1.807, 2.05) is 0 Å². The van der Waals surface area contributed by atoms with Crippen molar-refractivity contribution in [2.45, 2.75) is 31.0 Å². The maximum atomic E-state index is 13.1. The highest BCUT2D eigenvalue weighted by Gasteiger charge is 2.52. The quantitative estimate of drug-likeness (QED) is 0.863. The van der Waals surface area contributed by atoms with E-state index in [2.05, 4.69) is 5.32 Å². The van der Waals surface area contributed by atoms with E-state index in [-0.39, 0.29) is 24.8 Å². The van der Waals surface area contributed by atoms with Crippen LogP contribution in [0.3, 0.4) is 0 Å². The first kappa shape index (κ1) is 15.9. The van der Waals surface area contributed by atoms with Gasteiger partial charge in [-0.3, -0.25) is 9.59 Å². The molecule has 0 saturated carbocycles. The summed E-state index contributed by atoms with van der Waals surface area (Å²) < 4.78 is 19.0. The van der Waals surface area contributed by atoms with Crippen LogP contribution in [0.1, 0.15) is 19.3 Å². The average Bonchev–Trinajstić information content (AvgIpc) is 2.91. The molecule has 2 aliphatic rings. The van der Waals surface area contributed by atoms with Crippen molar-refractivity contribution in [3.63, 3.8) is 0 Å². The highest BCUT2D eigenvalue weighted by atomic mass is 19.1. The van der Waals surface area contributed by atoms with Crippen LogP contribution in [-0.4, -0.2) is 53.2 Å². The number of nitrogens with zero attached hydrogens (tertiary/aromatic N) is 1. The first-order chi connectivity index (χ1) is 11.0. The third kappa shape index (κ3) is 3.35. The van der Waals surface area contributed by atoms with E-state index in [1.54, 1.807) is 11.0 Å². The zero-order chi connectivity index (χ0) is 16.4. The number of aliphatic hydroxyl groups is 1. The fraction of sp³-hybridized carbons (Fsp3) is 0.500. The fourth-order valence-corrected chi connectivity index (χ4v) is 3.10. The molecule has 2 aliphatic heterocycles. The number of carbonyl (C=O) groups excluding carboxylic acids is 2. The summed E-state index contributed by atoms with van der Waals surface area (Å²) in [5.41, 5.74) is -0.0531. The second-order valence-corrected chi connectivity index (χ2v) is 6.05.